The molecule has 4 nitrogen and oxygen atoms in total. The molecule has 164 valence electrons. The lowest BCUT2D eigenvalue weighted by atomic mass is 9.77. The molecule has 1 heterocycles. The minimum Gasteiger partial charge on any atom is -0.378 e. The molecule has 5 heteroatoms. The summed E-state index contributed by atoms with van der Waals surface area (Å²) in [6.07, 6.45) is 5.44. The summed E-state index contributed by atoms with van der Waals surface area (Å²) >= 11 is 0. The Morgan fingerprint density at radius 2 is 1.75 bits per heavy atom. The van der Waals surface area contributed by atoms with E-state index in [1.807, 2.05) is 44.2 Å². The first-order chi connectivity index (χ1) is 15.3. The van der Waals surface area contributed by atoms with Crippen LogP contribution in [-0.2, 0) is 10.0 Å². The Morgan fingerprint density at radius 3 is 2.56 bits per heavy atom. The molecule has 0 bridgehead atoms. The van der Waals surface area contributed by atoms with Crippen molar-refractivity contribution in [3.63, 3.8) is 0 Å². The van der Waals surface area contributed by atoms with Gasteiger partial charge < -0.3 is 5.32 Å². The topological polar surface area (TPSA) is 58.2 Å². The molecule has 0 unspecified atom stereocenters. The highest BCUT2D eigenvalue weighted by atomic mass is 32.2. The Bertz CT molecular complexity index is 1330. The fourth-order valence-corrected chi connectivity index (χ4v) is 6.14. The average Bonchev–Trinajstić information content (AvgIpc) is 3.25. The molecule has 0 saturated carbocycles. The van der Waals surface area contributed by atoms with Crippen molar-refractivity contribution < 1.29 is 8.42 Å². The molecule has 32 heavy (non-hydrogen) atoms. The minimum absolute atomic E-state index is 0.201. The van der Waals surface area contributed by atoms with Crippen molar-refractivity contribution in [2.75, 3.05) is 10.0 Å². The molecule has 0 radical (unpaired) electrons. The fourth-order valence-electron chi connectivity index (χ4n) is 4.98. The largest absolute Gasteiger partial charge is 0.378 e. The zero-order valence-electron chi connectivity index (χ0n) is 18.6. The molecule has 1 aliphatic heterocycles. The van der Waals surface area contributed by atoms with Crippen LogP contribution in [0.1, 0.15) is 46.2 Å². The van der Waals surface area contributed by atoms with Crippen LogP contribution in [0.15, 0.2) is 77.7 Å². The standard InChI is InChI=1S/C27H28N2O2S/c1-17-6-4-7-20(14-17)27-23-9-5-8-22(23)24-16-21(12-13-25(24)28-27)32(30,31)29-26-15-18(2)10-11-19(26)3/h4-8,10-16,22-23,27-29H,9H2,1-3H3/t22-,23-,27+/m1/s1. The monoisotopic (exact) mass is 444 g/mol. The number of sulfonamides is 1. The number of anilines is 2. The number of allylic oxidation sites excluding steroid dienone is 2. The lowest BCUT2D eigenvalue weighted by Gasteiger charge is -2.37. The van der Waals surface area contributed by atoms with Crippen LogP contribution in [-0.4, -0.2) is 8.42 Å². The Labute approximate surface area is 190 Å². The third kappa shape index (κ3) is 3.71. The van der Waals surface area contributed by atoms with Crippen molar-refractivity contribution in [1.29, 1.82) is 0 Å². The lowest BCUT2D eigenvalue weighted by Crippen LogP contribution is -2.29. The van der Waals surface area contributed by atoms with Gasteiger partial charge in [-0.05, 0) is 79.6 Å². The normalized spacial score (nSPS) is 21.5. The zero-order valence-corrected chi connectivity index (χ0v) is 19.4. The van der Waals surface area contributed by atoms with Gasteiger partial charge in [-0.2, -0.15) is 0 Å². The van der Waals surface area contributed by atoms with Gasteiger partial charge in [-0.15, -0.1) is 0 Å². The van der Waals surface area contributed by atoms with Crippen molar-refractivity contribution in [2.24, 2.45) is 5.92 Å². The summed E-state index contributed by atoms with van der Waals surface area (Å²) in [4.78, 5) is 0.298. The zero-order chi connectivity index (χ0) is 22.5. The molecule has 0 spiro atoms. The second-order valence-corrected chi connectivity index (χ2v) is 10.7. The maximum atomic E-state index is 13.2. The first-order valence-electron chi connectivity index (χ1n) is 11.1. The number of hydrogen-bond acceptors (Lipinski definition) is 3. The molecule has 3 aromatic rings. The molecule has 0 aromatic heterocycles. The summed E-state index contributed by atoms with van der Waals surface area (Å²) in [5.41, 5.74) is 7.13. The number of nitrogens with one attached hydrogen (secondary N) is 2. The molecule has 0 fully saturated rings. The van der Waals surface area contributed by atoms with E-state index < -0.39 is 10.0 Å². The van der Waals surface area contributed by atoms with E-state index in [-0.39, 0.29) is 12.0 Å². The molecule has 1 aliphatic carbocycles. The van der Waals surface area contributed by atoms with Crippen LogP contribution in [0.3, 0.4) is 0 Å². The minimum atomic E-state index is -3.69. The summed E-state index contributed by atoms with van der Waals surface area (Å²) in [5.74, 6) is 0.571. The maximum absolute atomic E-state index is 13.2. The molecule has 0 saturated heterocycles. The van der Waals surface area contributed by atoms with Crippen molar-refractivity contribution in [1.82, 2.24) is 0 Å². The van der Waals surface area contributed by atoms with Gasteiger partial charge in [-0.25, -0.2) is 8.42 Å². The summed E-state index contributed by atoms with van der Waals surface area (Å²) in [7, 11) is -3.69. The summed E-state index contributed by atoms with van der Waals surface area (Å²) < 4.78 is 29.2. The maximum Gasteiger partial charge on any atom is 0.261 e. The summed E-state index contributed by atoms with van der Waals surface area (Å²) in [5, 5.41) is 3.70. The molecular formula is C27H28N2O2S. The molecule has 5 rings (SSSR count). The number of benzene rings is 3. The van der Waals surface area contributed by atoms with Crippen LogP contribution in [0.25, 0.3) is 0 Å². The number of hydrogen-bond donors (Lipinski definition) is 2. The highest BCUT2D eigenvalue weighted by Crippen LogP contribution is 2.50. The van der Waals surface area contributed by atoms with Crippen molar-refractivity contribution in [3.8, 4) is 0 Å². The first-order valence-corrected chi connectivity index (χ1v) is 12.5. The highest BCUT2D eigenvalue weighted by molar-refractivity contribution is 7.92. The summed E-state index contributed by atoms with van der Waals surface area (Å²) in [6, 6.07) is 20.1. The number of fused-ring (bicyclic) bond motifs is 3. The van der Waals surface area contributed by atoms with E-state index >= 15 is 0 Å². The van der Waals surface area contributed by atoms with Crippen LogP contribution in [0, 0.1) is 26.7 Å². The third-order valence-corrected chi connectivity index (χ3v) is 8.05. The molecule has 2 aliphatic rings. The predicted octanol–water partition coefficient (Wildman–Crippen LogP) is 6.24. The predicted molar refractivity (Wildman–Crippen MR) is 131 cm³/mol. The van der Waals surface area contributed by atoms with Gasteiger partial charge in [0.2, 0.25) is 0 Å². The van der Waals surface area contributed by atoms with Gasteiger partial charge in [0, 0.05) is 11.6 Å². The first kappa shape index (κ1) is 20.8. The SMILES string of the molecule is Cc1cccc([C@@H]2Nc3ccc(S(=O)(=O)Nc4cc(C)ccc4C)cc3[C@@H]3C=CC[C@H]32)c1. The van der Waals surface area contributed by atoms with E-state index in [4.69, 9.17) is 0 Å². The molecule has 0 amide bonds. The van der Waals surface area contributed by atoms with E-state index in [0.717, 1.165) is 28.8 Å². The molecule has 2 N–H and O–H groups in total. The molecular weight excluding hydrogens is 416 g/mol. The number of rotatable bonds is 4. The average molecular weight is 445 g/mol. The van der Waals surface area contributed by atoms with Crippen molar-refractivity contribution >= 4 is 21.4 Å². The van der Waals surface area contributed by atoms with E-state index in [9.17, 15) is 8.42 Å². The smallest absolute Gasteiger partial charge is 0.261 e. The van der Waals surface area contributed by atoms with Crippen LogP contribution in [0.5, 0.6) is 0 Å². The molecule has 3 atom stereocenters. The van der Waals surface area contributed by atoms with Crippen LogP contribution >= 0.6 is 0 Å². The second-order valence-electron chi connectivity index (χ2n) is 9.06. The Kier molecular flexibility index (Phi) is 5.09. The van der Waals surface area contributed by atoms with Gasteiger partial charge in [0.15, 0.2) is 0 Å². The van der Waals surface area contributed by atoms with Crippen LogP contribution in [0.4, 0.5) is 11.4 Å². The van der Waals surface area contributed by atoms with E-state index in [1.165, 1.54) is 11.1 Å². The lowest BCUT2D eigenvalue weighted by molar-refractivity contribution is 0.425. The van der Waals surface area contributed by atoms with Gasteiger partial charge in [-0.3, -0.25) is 4.72 Å². The van der Waals surface area contributed by atoms with Gasteiger partial charge in [-0.1, -0.05) is 54.1 Å². The van der Waals surface area contributed by atoms with E-state index in [1.54, 1.807) is 6.07 Å². The van der Waals surface area contributed by atoms with Crippen LogP contribution < -0.4 is 10.0 Å². The summed E-state index contributed by atoms with van der Waals surface area (Å²) in [6.45, 7) is 5.98. The molecule has 3 aromatic carbocycles. The fraction of sp³-hybridized carbons (Fsp3) is 0.259. The van der Waals surface area contributed by atoms with Crippen LogP contribution in [0.2, 0.25) is 0 Å². The van der Waals surface area contributed by atoms with Gasteiger partial charge in [0.25, 0.3) is 10.0 Å². The van der Waals surface area contributed by atoms with Gasteiger partial charge in [0.1, 0.15) is 0 Å². The Balaban J connectivity index is 1.50. The van der Waals surface area contributed by atoms with E-state index in [0.29, 0.717) is 16.5 Å². The van der Waals surface area contributed by atoms with Gasteiger partial charge >= 0.3 is 0 Å². The quantitative estimate of drug-likeness (QED) is 0.468. The highest BCUT2D eigenvalue weighted by Gasteiger charge is 2.38. The Morgan fingerprint density at radius 1 is 0.938 bits per heavy atom. The Hall–Kier alpha value is -3.05. The van der Waals surface area contributed by atoms with E-state index in [2.05, 4.69) is 53.4 Å². The number of aryl methyl sites for hydroxylation is 3. The van der Waals surface area contributed by atoms with Crippen molar-refractivity contribution in [2.45, 2.75) is 44.0 Å². The second kappa shape index (κ2) is 7.82. The third-order valence-electron chi connectivity index (χ3n) is 6.68. The van der Waals surface area contributed by atoms with Crippen molar-refractivity contribution in [3.05, 3.63) is 101 Å². The van der Waals surface area contributed by atoms with Gasteiger partial charge in [0.05, 0.1) is 16.6 Å².